The number of alkyl carbamates (subject to hydrolysis) is 1. The zero-order chi connectivity index (χ0) is 11.7. The van der Waals surface area contributed by atoms with E-state index in [0.717, 1.165) is 0 Å². The van der Waals surface area contributed by atoms with Gasteiger partial charge in [0, 0.05) is 13.7 Å². The minimum absolute atomic E-state index is 0.0960. The van der Waals surface area contributed by atoms with Gasteiger partial charge in [-0.05, 0) is 0 Å². The van der Waals surface area contributed by atoms with E-state index in [9.17, 15) is 9.59 Å². The van der Waals surface area contributed by atoms with Gasteiger partial charge in [0.2, 0.25) is 0 Å². The fourth-order valence-corrected chi connectivity index (χ4v) is 0.816. The summed E-state index contributed by atoms with van der Waals surface area (Å²) in [5.41, 5.74) is 0. The second kappa shape index (κ2) is 7.81. The number of nitrogens with one attached hydrogen (secondary N) is 1. The first-order valence-corrected chi connectivity index (χ1v) is 4.36. The second-order valence-corrected chi connectivity index (χ2v) is 2.72. The Kier molecular flexibility index (Phi) is 7.00. The molecule has 0 heterocycles. The molecule has 2 N–H and O–H groups in total. The van der Waals surface area contributed by atoms with Gasteiger partial charge in [0.05, 0.1) is 12.5 Å². The smallest absolute Gasteiger partial charge is 0.407 e. The molecule has 0 aromatic heterocycles. The zero-order valence-electron chi connectivity index (χ0n) is 8.56. The number of aliphatic carboxylic acids is 1. The zero-order valence-corrected chi connectivity index (χ0v) is 8.56. The summed E-state index contributed by atoms with van der Waals surface area (Å²) in [6.45, 7) is 3.59. The standard InChI is InChI=1S/C9H15NO5/c1-3-4-15-9(13)10-6-7(14-2)5-8(11)12/h3,7H,1,4-6H2,2H3,(H,10,13)(H,11,12). The van der Waals surface area contributed by atoms with Crippen molar-refractivity contribution in [3.05, 3.63) is 12.7 Å². The SMILES string of the molecule is C=CCOC(=O)NCC(CC(=O)O)OC. The molecule has 0 aromatic carbocycles. The Balaban J connectivity index is 3.74. The maximum Gasteiger partial charge on any atom is 0.407 e. The van der Waals surface area contributed by atoms with E-state index in [0.29, 0.717) is 0 Å². The molecular weight excluding hydrogens is 202 g/mol. The summed E-state index contributed by atoms with van der Waals surface area (Å²) in [6, 6.07) is 0. The lowest BCUT2D eigenvalue weighted by Gasteiger charge is -2.13. The van der Waals surface area contributed by atoms with E-state index in [2.05, 4.69) is 16.6 Å². The molecular formula is C9H15NO5. The van der Waals surface area contributed by atoms with Crippen LogP contribution < -0.4 is 5.32 Å². The number of hydrogen-bond acceptors (Lipinski definition) is 4. The third kappa shape index (κ3) is 7.51. The molecule has 0 bridgehead atoms. The molecule has 0 fully saturated rings. The first-order chi connectivity index (χ1) is 7.10. The van der Waals surface area contributed by atoms with Crippen LogP contribution in [-0.2, 0) is 14.3 Å². The van der Waals surface area contributed by atoms with Crippen LogP contribution in [0.4, 0.5) is 4.79 Å². The van der Waals surface area contributed by atoms with Crippen molar-refractivity contribution in [2.24, 2.45) is 0 Å². The van der Waals surface area contributed by atoms with Crippen LogP contribution in [0.5, 0.6) is 0 Å². The van der Waals surface area contributed by atoms with E-state index in [1.165, 1.54) is 13.2 Å². The maximum atomic E-state index is 10.9. The molecule has 15 heavy (non-hydrogen) atoms. The van der Waals surface area contributed by atoms with Crippen molar-refractivity contribution in [2.75, 3.05) is 20.3 Å². The number of amides is 1. The van der Waals surface area contributed by atoms with E-state index >= 15 is 0 Å². The van der Waals surface area contributed by atoms with E-state index in [-0.39, 0.29) is 19.6 Å². The first kappa shape index (κ1) is 13.4. The number of carboxylic acid groups (broad SMARTS) is 1. The highest BCUT2D eigenvalue weighted by Crippen LogP contribution is 1.95. The van der Waals surface area contributed by atoms with Gasteiger partial charge < -0.3 is 19.9 Å². The molecule has 0 aliphatic rings. The summed E-state index contributed by atoms with van der Waals surface area (Å²) in [4.78, 5) is 21.3. The maximum absolute atomic E-state index is 10.9. The Morgan fingerprint density at radius 3 is 2.73 bits per heavy atom. The van der Waals surface area contributed by atoms with Crippen LogP contribution >= 0.6 is 0 Å². The van der Waals surface area contributed by atoms with Gasteiger partial charge in [-0.2, -0.15) is 0 Å². The van der Waals surface area contributed by atoms with Gasteiger partial charge in [-0.3, -0.25) is 4.79 Å². The van der Waals surface area contributed by atoms with Gasteiger partial charge in [-0.25, -0.2) is 4.79 Å². The lowest BCUT2D eigenvalue weighted by molar-refractivity contribution is -0.139. The fraction of sp³-hybridized carbons (Fsp3) is 0.556. The molecule has 1 atom stereocenters. The highest BCUT2D eigenvalue weighted by Gasteiger charge is 2.13. The topological polar surface area (TPSA) is 84.9 Å². The van der Waals surface area contributed by atoms with E-state index < -0.39 is 18.2 Å². The van der Waals surface area contributed by atoms with Crippen LogP contribution in [0, 0.1) is 0 Å². The van der Waals surface area contributed by atoms with Crippen molar-refractivity contribution in [3.63, 3.8) is 0 Å². The predicted molar refractivity (Wildman–Crippen MR) is 52.6 cm³/mol. The van der Waals surface area contributed by atoms with Crippen LogP contribution in [0.25, 0.3) is 0 Å². The van der Waals surface area contributed by atoms with Crippen molar-refractivity contribution < 1.29 is 24.2 Å². The average molecular weight is 217 g/mol. The van der Waals surface area contributed by atoms with Crippen LogP contribution in [0.2, 0.25) is 0 Å². The van der Waals surface area contributed by atoms with Crippen LogP contribution in [-0.4, -0.2) is 43.5 Å². The van der Waals surface area contributed by atoms with Gasteiger partial charge in [0.15, 0.2) is 0 Å². The Hall–Kier alpha value is -1.56. The molecule has 0 aliphatic heterocycles. The van der Waals surface area contributed by atoms with Crippen LogP contribution in [0.3, 0.4) is 0 Å². The molecule has 0 saturated heterocycles. The summed E-state index contributed by atoms with van der Waals surface area (Å²) in [7, 11) is 1.38. The highest BCUT2D eigenvalue weighted by molar-refractivity contribution is 5.68. The molecule has 6 nitrogen and oxygen atoms in total. The van der Waals surface area contributed by atoms with Crippen molar-refractivity contribution >= 4 is 12.1 Å². The highest BCUT2D eigenvalue weighted by atomic mass is 16.5. The molecule has 0 rings (SSSR count). The summed E-state index contributed by atoms with van der Waals surface area (Å²) < 4.78 is 9.46. The molecule has 0 radical (unpaired) electrons. The predicted octanol–water partition coefficient (Wildman–Crippen LogP) is 0.388. The lowest BCUT2D eigenvalue weighted by Crippen LogP contribution is -2.34. The molecule has 1 unspecified atom stereocenters. The van der Waals surface area contributed by atoms with E-state index in [1.54, 1.807) is 0 Å². The fourth-order valence-electron chi connectivity index (χ4n) is 0.816. The third-order valence-electron chi connectivity index (χ3n) is 1.54. The Bertz CT molecular complexity index is 229. The lowest BCUT2D eigenvalue weighted by atomic mass is 10.2. The minimum Gasteiger partial charge on any atom is -0.481 e. The van der Waals surface area contributed by atoms with Gasteiger partial charge in [0.1, 0.15) is 6.61 Å². The number of hydrogen-bond donors (Lipinski definition) is 2. The largest absolute Gasteiger partial charge is 0.481 e. The number of rotatable bonds is 7. The number of carbonyl (C=O) groups excluding carboxylic acids is 1. The molecule has 6 heteroatoms. The molecule has 1 amide bonds. The first-order valence-electron chi connectivity index (χ1n) is 4.36. The molecule has 86 valence electrons. The number of carbonyl (C=O) groups is 2. The van der Waals surface area contributed by atoms with Crippen molar-refractivity contribution in [2.45, 2.75) is 12.5 Å². The van der Waals surface area contributed by atoms with E-state index in [4.69, 9.17) is 9.84 Å². The number of methoxy groups -OCH3 is 1. The summed E-state index contributed by atoms with van der Waals surface area (Å²) in [5, 5.41) is 10.9. The molecule has 0 spiro atoms. The van der Waals surface area contributed by atoms with Gasteiger partial charge in [-0.15, -0.1) is 0 Å². The molecule has 0 aliphatic carbocycles. The molecule has 0 aromatic rings. The average Bonchev–Trinajstić information content (AvgIpc) is 2.20. The minimum atomic E-state index is -0.983. The third-order valence-corrected chi connectivity index (χ3v) is 1.54. The monoisotopic (exact) mass is 217 g/mol. The normalized spacial score (nSPS) is 11.5. The Morgan fingerprint density at radius 2 is 2.27 bits per heavy atom. The summed E-state index contributed by atoms with van der Waals surface area (Å²) >= 11 is 0. The quantitative estimate of drug-likeness (QED) is 0.602. The molecule has 0 saturated carbocycles. The van der Waals surface area contributed by atoms with Crippen LogP contribution in [0.1, 0.15) is 6.42 Å². The summed E-state index contributed by atoms with van der Waals surface area (Å²) in [5.74, 6) is -0.983. The van der Waals surface area contributed by atoms with Crippen molar-refractivity contribution in [3.8, 4) is 0 Å². The van der Waals surface area contributed by atoms with Crippen LogP contribution in [0.15, 0.2) is 12.7 Å². The Labute approximate surface area is 87.9 Å². The van der Waals surface area contributed by atoms with E-state index in [1.807, 2.05) is 0 Å². The summed E-state index contributed by atoms with van der Waals surface area (Å²) in [6.07, 6.45) is 0.0872. The van der Waals surface area contributed by atoms with Crippen molar-refractivity contribution in [1.29, 1.82) is 0 Å². The number of carboxylic acids is 1. The van der Waals surface area contributed by atoms with Crippen molar-refractivity contribution in [1.82, 2.24) is 5.32 Å². The number of ether oxygens (including phenoxy) is 2. The second-order valence-electron chi connectivity index (χ2n) is 2.72. The Morgan fingerprint density at radius 1 is 1.60 bits per heavy atom. The van der Waals surface area contributed by atoms with Gasteiger partial charge >= 0.3 is 12.1 Å². The van der Waals surface area contributed by atoms with Gasteiger partial charge in [0.25, 0.3) is 0 Å². The van der Waals surface area contributed by atoms with Gasteiger partial charge in [-0.1, -0.05) is 12.7 Å².